The molecule has 0 aliphatic carbocycles. The SMILES string of the molecule is C=CCOC(=O)C1(CCC(=O)OC)CCCN(C(=O)c2ccccc2)C1. The minimum Gasteiger partial charge on any atom is -0.469 e. The van der Waals surface area contributed by atoms with Gasteiger partial charge in [0.15, 0.2) is 0 Å². The summed E-state index contributed by atoms with van der Waals surface area (Å²) in [5.74, 6) is -0.900. The van der Waals surface area contributed by atoms with Crippen LogP contribution in [0.5, 0.6) is 0 Å². The van der Waals surface area contributed by atoms with Crippen molar-refractivity contribution in [3.63, 3.8) is 0 Å². The molecular weight excluding hydrogens is 334 g/mol. The Labute approximate surface area is 153 Å². The predicted octanol–water partition coefficient (Wildman–Crippen LogP) is 2.59. The number of piperidine rings is 1. The molecule has 1 aliphatic rings. The molecule has 0 aromatic heterocycles. The lowest BCUT2D eigenvalue weighted by Crippen LogP contribution is -2.50. The topological polar surface area (TPSA) is 72.9 Å². The Kier molecular flexibility index (Phi) is 6.95. The van der Waals surface area contributed by atoms with Crippen LogP contribution in [0.4, 0.5) is 0 Å². The van der Waals surface area contributed by atoms with E-state index in [1.165, 1.54) is 13.2 Å². The van der Waals surface area contributed by atoms with Gasteiger partial charge in [-0.3, -0.25) is 14.4 Å². The summed E-state index contributed by atoms with van der Waals surface area (Å²) in [6, 6.07) is 8.96. The molecule has 0 N–H and O–H groups in total. The van der Waals surface area contributed by atoms with E-state index in [9.17, 15) is 14.4 Å². The van der Waals surface area contributed by atoms with Crippen molar-refractivity contribution in [2.75, 3.05) is 26.8 Å². The number of rotatable bonds is 7. The second-order valence-corrected chi connectivity index (χ2v) is 6.44. The smallest absolute Gasteiger partial charge is 0.314 e. The number of methoxy groups -OCH3 is 1. The third kappa shape index (κ3) is 4.71. The molecule has 1 aromatic carbocycles. The van der Waals surface area contributed by atoms with Gasteiger partial charge in [-0.25, -0.2) is 0 Å². The number of esters is 2. The van der Waals surface area contributed by atoms with Crippen LogP contribution in [0.3, 0.4) is 0 Å². The molecule has 6 heteroatoms. The molecule has 1 unspecified atom stereocenters. The highest BCUT2D eigenvalue weighted by atomic mass is 16.5. The third-order valence-corrected chi connectivity index (χ3v) is 4.69. The summed E-state index contributed by atoms with van der Waals surface area (Å²) >= 11 is 0. The second kappa shape index (κ2) is 9.17. The van der Waals surface area contributed by atoms with Gasteiger partial charge in [0.2, 0.25) is 0 Å². The van der Waals surface area contributed by atoms with E-state index in [0.29, 0.717) is 24.9 Å². The average molecular weight is 359 g/mol. The van der Waals surface area contributed by atoms with E-state index >= 15 is 0 Å². The summed E-state index contributed by atoms with van der Waals surface area (Å²) in [6.45, 7) is 4.46. The third-order valence-electron chi connectivity index (χ3n) is 4.69. The van der Waals surface area contributed by atoms with Gasteiger partial charge in [0.25, 0.3) is 5.91 Å². The summed E-state index contributed by atoms with van der Waals surface area (Å²) < 4.78 is 9.99. The quantitative estimate of drug-likeness (QED) is 0.553. The fourth-order valence-electron chi connectivity index (χ4n) is 3.27. The van der Waals surface area contributed by atoms with Crippen LogP contribution in [-0.2, 0) is 19.1 Å². The van der Waals surface area contributed by atoms with E-state index in [2.05, 4.69) is 6.58 Å². The zero-order chi connectivity index (χ0) is 19.0. The fraction of sp³-hybridized carbons (Fsp3) is 0.450. The van der Waals surface area contributed by atoms with Crippen LogP contribution in [0, 0.1) is 5.41 Å². The fourth-order valence-corrected chi connectivity index (χ4v) is 3.27. The van der Waals surface area contributed by atoms with Crippen molar-refractivity contribution in [1.29, 1.82) is 0 Å². The largest absolute Gasteiger partial charge is 0.469 e. The minimum atomic E-state index is -0.903. The van der Waals surface area contributed by atoms with Crippen LogP contribution in [0.2, 0.25) is 0 Å². The predicted molar refractivity (Wildman–Crippen MR) is 96.4 cm³/mol. The molecule has 0 radical (unpaired) electrons. The number of likely N-dealkylation sites (tertiary alicyclic amines) is 1. The van der Waals surface area contributed by atoms with Crippen molar-refractivity contribution in [3.8, 4) is 0 Å². The van der Waals surface area contributed by atoms with Gasteiger partial charge in [0, 0.05) is 25.1 Å². The molecule has 1 aliphatic heterocycles. The molecule has 1 fully saturated rings. The van der Waals surface area contributed by atoms with E-state index in [4.69, 9.17) is 9.47 Å². The van der Waals surface area contributed by atoms with Crippen molar-refractivity contribution < 1.29 is 23.9 Å². The number of carbonyl (C=O) groups is 3. The van der Waals surface area contributed by atoms with Gasteiger partial charge in [0.1, 0.15) is 6.61 Å². The molecule has 0 saturated carbocycles. The Balaban J connectivity index is 2.19. The van der Waals surface area contributed by atoms with Crippen LogP contribution in [0.25, 0.3) is 0 Å². The van der Waals surface area contributed by atoms with E-state index in [0.717, 1.165) is 0 Å². The lowest BCUT2D eigenvalue weighted by molar-refractivity contribution is -0.159. The number of ether oxygens (including phenoxy) is 2. The number of benzene rings is 1. The summed E-state index contributed by atoms with van der Waals surface area (Å²) in [5.41, 5.74) is -0.324. The number of nitrogens with zero attached hydrogens (tertiary/aromatic N) is 1. The number of hydrogen-bond donors (Lipinski definition) is 0. The number of amides is 1. The Morgan fingerprint density at radius 1 is 1.27 bits per heavy atom. The molecule has 26 heavy (non-hydrogen) atoms. The number of hydrogen-bond acceptors (Lipinski definition) is 5. The van der Waals surface area contributed by atoms with Gasteiger partial charge in [-0.05, 0) is 31.4 Å². The van der Waals surface area contributed by atoms with Crippen molar-refractivity contribution >= 4 is 17.8 Å². The van der Waals surface area contributed by atoms with Crippen molar-refractivity contribution in [1.82, 2.24) is 4.90 Å². The van der Waals surface area contributed by atoms with Crippen molar-refractivity contribution in [2.45, 2.75) is 25.7 Å². The maximum atomic E-state index is 12.8. The summed E-state index contributed by atoms with van der Waals surface area (Å²) in [7, 11) is 1.32. The first-order chi connectivity index (χ1) is 12.5. The molecule has 140 valence electrons. The van der Waals surface area contributed by atoms with Crippen LogP contribution in [-0.4, -0.2) is 49.6 Å². The van der Waals surface area contributed by atoms with E-state index in [-0.39, 0.29) is 37.9 Å². The van der Waals surface area contributed by atoms with Gasteiger partial charge in [0.05, 0.1) is 12.5 Å². The summed E-state index contributed by atoms with van der Waals surface area (Å²) in [5, 5.41) is 0. The normalized spacial score (nSPS) is 19.5. The molecule has 0 spiro atoms. The van der Waals surface area contributed by atoms with Gasteiger partial charge in [-0.1, -0.05) is 30.9 Å². The molecule has 1 heterocycles. The van der Waals surface area contributed by atoms with Crippen molar-refractivity contribution in [3.05, 3.63) is 48.6 Å². The van der Waals surface area contributed by atoms with Gasteiger partial charge >= 0.3 is 11.9 Å². The molecule has 0 bridgehead atoms. The molecule has 6 nitrogen and oxygen atoms in total. The molecule has 1 atom stereocenters. The highest BCUT2D eigenvalue weighted by Crippen LogP contribution is 2.37. The lowest BCUT2D eigenvalue weighted by atomic mass is 9.76. The Morgan fingerprint density at radius 2 is 2.00 bits per heavy atom. The van der Waals surface area contributed by atoms with Crippen LogP contribution < -0.4 is 0 Å². The number of carbonyl (C=O) groups excluding carboxylic acids is 3. The van der Waals surface area contributed by atoms with Gasteiger partial charge in [-0.2, -0.15) is 0 Å². The van der Waals surface area contributed by atoms with Crippen molar-refractivity contribution in [2.24, 2.45) is 5.41 Å². The average Bonchev–Trinajstić information content (AvgIpc) is 2.70. The first kappa shape index (κ1) is 19.7. The second-order valence-electron chi connectivity index (χ2n) is 6.44. The highest BCUT2D eigenvalue weighted by Gasteiger charge is 2.45. The van der Waals surface area contributed by atoms with Gasteiger partial charge in [-0.15, -0.1) is 0 Å². The van der Waals surface area contributed by atoms with Crippen LogP contribution >= 0.6 is 0 Å². The molecule has 2 rings (SSSR count). The first-order valence-electron chi connectivity index (χ1n) is 8.72. The highest BCUT2D eigenvalue weighted by molar-refractivity contribution is 5.94. The molecule has 1 saturated heterocycles. The molecular formula is C20H25NO5. The summed E-state index contributed by atoms with van der Waals surface area (Å²) in [4.78, 5) is 38.8. The minimum absolute atomic E-state index is 0.103. The maximum absolute atomic E-state index is 12.8. The Morgan fingerprint density at radius 3 is 2.65 bits per heavy atom. The van der Waals surface area contributed by atoms with E-state index < -0.39 is 11.4 Å². The first-order valence-corrected chi connectivity index (χ1v) is 8.72. The molecule has 1 amide bonds. The zero-order valence-corrected chi connectivity index (χ0v) is 15.1. The van der Waals surface area contributed by atoms with Crippen LogP contribution in [0.1, 0.15) is 36.0 Å². The maximum Gasteiger partial charge on any atom is 0.314 e. The van der Waals surface area contributed by atoms with Gasteiger partial charge < -0.3 is 14.4 Å². The molecule has 1 aromatic rings. The Hall–Kier alpha value is -2.63. The Bertz CT molecular complexity index is 657. The standard InChI is InChI=1S/C20H25NO5/c1-3-14-26-19(24)20(12-10-17(22)25-2)11-7-13-21(15-20)18(23)16-8-5-4-6-9-16/h3-6,8-9H,1,7,10-15H2,2H3. The van der Waals surface area contributed by atoms with E-state index in [1.54, 1.807) is 29.2 Å². The van der Waals surface area contributed by atoms with Crippen LogP contribution in [0.15, 0.2) is 43.0 Å². The monoisotopic (exact) mass is 359 g/mol. The summed E-state index contributed by atoms with van der Waals surface area (Å²) in [6.07, 6.45) is 3.13. The zero-order valence-electron chi connectivity index (χ0n) is 15.1. The lowest BCUT2D eigenvalue weighted by Gasteiger charge is -2.41. The van der Waals surface area contributed by atoms with E-state index in [1.807, 2.05) is 6.07 Å².